The number of carboxylic acid groups (broad SMARTS) is 1. The van der Waals surface area contributed by atoms with Crippen LogP contribution in [0.3, 0.4) is 0 Å². The van der Waals surface area contributed by atoms with Crippen LogP contribution in [0.25, 0.3) is 0 Å². The van der Waals surface area contributed by atoms with Crippen molar-refractivity contribution in [3.05, 3.63) is 29.6 Å². The van der Waals surface area contributed by atoms with E-state index in [0.29, 0.717) is 26.2 Å². The number of anilines is 1. The lowest BCUT2D eigenvalue weighted by molar-refractivity contribution is 0.0692. The zero-order chi connectivity index (χ0) is 15.5. The molecule has 9 heteroatoms. The Balaban J connectivity index is 2.20. The van der Waals surface area contributed by atoms with E-state index in [2.05, 4.69) is 4.72 Å². The Bertz CT molecular complexity index is 627. The Morgan fingerprint density at radius 3 is 2.81 bits per heavy atom. The quantitative estimate of drug-likeness (QED) is 0.860. The maximum Gasteiger partial charge on any atom is 0.338 e. The largest absolute Gasteiger partial charge is 0.478 e. The van der Waals surface area contributed by atoms with Gasteiger partial charge in [0.05, 0.1) is 17.9 Å². The summed E-state index contributed by atoms with van der Waals surface area (Å²) < 4.78 is 46.3. The van der Waals surface area contributed by atoms with Gasteiger partial charge in [-0.1, -0.05) is 0 Å². The van der Waals surface area contributed by atoms with Gasteiger partial charge in [-0.15, -0.1) is 0 Å². The second-order valence-electron chi connectivity index (χ2n) is 4.47. The van der Waals surface area contributed by atoms with Crippen molar-refractivity contribution in [2.75, 3.05) is 31.0 Å². The lowest BCUT2D eigenvalue weighted by Crippen LogP contribution is -2.37. The third kappa shape index (κ3) is 3.90. The summed E-state index contributed by atoms with van der Waals surface area (Å²) >= 11 is 0. The van der Waals surface area contributed by atoms with Gasteiger partial charge in [-0.25, -0.2) is 9.18 Å². The first-order valence-corrected chi connectivity index (χ1v) is 7.72. The molecule has 21 heavy (non-hydrogen) atoms. The fraction of sp³-hybridized carbons (Fsp3) is 0.417. The van der Waals surface area contributed by atoms with Crippen LogP contribution in [0.5, 0.6) is 0 Å². The normalized spacial score (nSPS) is 17.2. The van der Waals surface area contributed by atoms with Crippen LogP contribution < -0.4 is 4.72 Å². The molecule has 0 amide bonds. The number of halogens is 1. The number of ether oxygens (including phenoxy) is 1. The highest BCUT2D eigenvalue weighted by atomic mass is 32.2. The minimum absolute atomic E-state index is 0.000958. The topological polar surface area (TPSA) is 95.9 Å². The zero-order valence-electron chi connectivity index (χ0n) is 11.1. The Morgan fingerprint density at radius 1 is 1.33 bits per heavy atom. The molecule has 0 radical (unpaired) electrons. The van der Waals surface area contributed by atoms with Crippen LogP contribution >= 0.6 is 0 Å². The number of carbonyl (C=O) groups is 1. The molecule has 1 aromatic rings. The zero-order valence-corrected chi connectivity index (χ0v) is 11.9. The van der Waals surface area contributed by atoms with Crippen LogP contribution in [-0.4, -0.2) is 50.1 Å². The van der Waals surface area contributed by atoms with Gasteiger partial charge in [0.15, 0.2) is 0 Å². The third-order valence-corrected chi connectivity index (χ3v) is 4.50. The number of rotatable bonds is 4. The Morgan fingerprint density at radius 2 is 2.10 bits per heavy atom. The van der Waals surface area contributed by atoms with E-state index in [1.165, 1.54) is 10.4 Å². The Kier molecular flexibility index (Phi) is 4.76. The molecule has 1 fully saturated rings. The van der Waals surface area contributed by atoms with Crippen molar-refractivity contribution in [2.24, 2.45) is 0 Å². The van der Waals surface area contributed by atoms with Crippen LogP contribution in [0.1, 0.15) is 16.8 Å². The maximum atomic E-state index is 13.3. The predicted molar refractivity (Wildman–Crippen MR) is 72.9 cm³/mol. The minimum atomic E-state index is -3.83. The SMILES string of the molecule is O=C(O)c1cc(NS(=O)(=O)N2CCCOCC2)ccc1F. The van der Waals surface area contributed by atoms with Gasteiger partial charge in [-0.05, 0) is 24.6 Å². The molecule has 1 heterocycles. The molecule has 0 bridgehead atoms. The Labute approximate surface area is 121 Å². The highest BCUT2D eigenvalue weighted by molar-refractivity contribution is 7.90. The first kappa shape index (κ1) is 15.7. The lowest BCUT2D eigenvalue weighted by atomic mass is 10.2. The first-order chi connectivity index (χ1) is 9.90. The van der Waals surface area contributed by atoms with Crippen molar-refractivity contribution in [1.29, 1.82) is 0 Å². The van der Waals surface area contributed by atoms with Crippen LogP contribution in [0.4, 0.5) is 10.1 Å². The fourth-order valence-electron chi connectivity index (χ4n) is 1.93. The van der Waals surface area contributed by atoms with E-state index in [1.807, 2.05) is 0 Å². The predicted octanol–water partition coefficient (Wildman–Crippen LogP) is 0.903. The van der Waals surface area contributed by atoms with E-state index in [9.17, 15) is 17.6 Å². The summed E-state index contributed by atoms with van der Waals surface area (Å²) in [6, 6.07) is 3.03. The van der Waals surface area contributed by atoms with Crippen LogP contribution in [0.15, 0.2) is 18.2 Å². The maximum absolute atomic E-state index is 13.3. The van der Waals surface area contributed by atoms with E-state index in [1.54, 1.807) is 0 Å². The Hall–Kier alpha value is -1.71. The van der Waals surface area contributed by atoms with Crippen molar-refractivity contribution in [3.63, 3.8) is 0 Å². The molecule has 116 valence electrons. The van der Waals surface area contributed by atoms with E-state index in [-0.39, 0.29) is 12.2 Å². The van der Waals surface area contributed by atoms with Gasteiger partial charge in [0.2, 0.25) is 0 Å². The molecule has 2 rings (SSSR count). The number of carboxylic acids is 1. The van der Waals surface area contributed by atoms with Gasteiger partial charge in [0, 0.05) is 19.7 Å². The number of nitrogens with one attached hydrogen (secondary N) is 1. The van der Waals surface area contributed by atoms with Gasteiger partial charge < -0.3 is 9.84 Å². The van der Waals surface area contributed by atoms with E-state index in [0.717, 1.165) is 12.1 Å². The summed E-state index contributed by atoms with van der Waals surface area (Å²) in [6.45, 7) is 1.31. The van der Waals surface area contributed by atoms with Crippen molar-refractivity contribution in [3.8, 4) is 0 Å². The third-order valence-electron chi connectivity index (χ3n) is 2.96. The molecule has 0 unspecified atom stereocenters. The number of aromatic carboxylic acids is 1. The highest BCUT2D eigenvalue weighted by Gasteiger charge is 2.23. The fourth-order valence-corrected chi connectivity index (χ4v) is 3.17. The molecule has 1 saturated heterocycles. The number of hydrogen-bond acceptors (Lipinski definition) is 4. The average Bonchev–Trinajstić information content (AvgIpc) is 2.70. The summed E-state index contributed by atoms with van der Waals surface area (Å²) in [5.41, 5.74) is -0.589. The van der Waals surface area contributed by atoms with Gasteiger partial charge in [0.1, 0.15) is 5.82 Å². The van der Waals surface area contributed by atoms with Gasteiger partial charge in [-0.3, -0.25) is 4.72 Å². The van der Waals surface area contributed by atoms with E-state index >= 15 is 0 Å². The van der Waals surface area contributed by atoms with Gasteiger partial charge >= 0.3 is 16.2 Å². The molecule has 1 aliphatic rings. The minimum Gasteiger partial charge on any atom is -0.478 e. The van der Waals surface area contributed by atoms with Gasteiger partial charge in [-0.2, -0.15) is 12.7 Å². The van der Waals surface area contributed by atoms with Crippen LogP contribution in [0.2, 0.25) is 0 Å². The second kappa shape index (κ2) is 6.37. The number of benzene rings is 1. The number of hydrogen-bond donors (Lipinski definition) is 2. The number of nitrogens with zero attached hydrogens (tertiary/aromatic N) is 1. The van der Waals surface area contributed by atoms with Crippen molar-refractivity contribution in [1.82, 2.24) is 4.31 Å². The van der Waals surface area contributed by atoms with E-state index < -0.39 is 27.6 Å². The first-order valence-electron chi connectivity index (χ1n) is 6.28. The summed E-state index contributed by atoms with van der Waals surface area (Å²) in [5, 5.41) is 8.83. The summed E-state index contributed by atoms with van der Waals surface area (Å²) in [6.07, 6.45) is 0.574. The molecule has 1 aliphatic heterocycles. The molecule has 2 N–H and O–H groups in total. The average molecular weight is 318 g/mol. The summed E-state index contributed by atoms with van der Waals surface area (Å²) in [4.78, 5) is 10.8. The van der Waals surface area contributed by atoms with Crippen molar-refractivity contribution >= 4 is 21.9 Å². The molecule has 7 nitrogen and oxygen atoms in total. The van der Waals surface area contributed by atoms with Crippen molar-refractivity contribution in [2.45, 2.75) is 6.42 Å². The standard InChI is InChI=1S/C12H15FN2O5S/c13-11-3-2-9(8-10(11)12(16)17)14-21(18,19)15-4-1-6-20-7-5-15/h2-3,8,14H,1,4-7H2,(H,16,17). The van der Waals surface area contributed by atoms with E-state index in [4.69, 9.17) is 9.84 Å². The van der Waals surface area contributed by atoms with Crippen LogP contribution in [0, 0.1) is 5.82 Å². The monoisotopic (exact) mass is 318 g/mol. The summed E-state index contributed by atoms with van der Waals surface area (Å²) in [5.74, 6) is -2.38. The molecule has 0 spiro atoms. The molecule has 0 aromatic heterocycles. The molecule has 0 atom stereocenters. The molecular formula is C12H15FN2O5S. The highest BCUT2D eigenvalue weighted by Crippen LogP contribution is 2.17. The van der Waals surface area contributed by atoms with Gasteiger partial charge in [0.25, 0.3) is 0 Å². The molecular weight excluding hydrogens is 303 g/mol. The summed E-state index contributed by atoms with van der Waals surface area (Å²) in [7, 11) is -3.83. The second-order valence-corrected chi connectivity index (χ2v) is 6.14. The smallest absolute Gasteiger partial charge is 0.338 e. The van der Waals surface area contributed by atoms with Crippen LogP contribution in [-0.2, 0) is 14.9 Å². The molecule has 1 aromatic carbocycles. The molecule has 0 saturated carbocycles. The van der Waals surface area contributed by atoms with Crippen molar-refractivity contribution < 1.29 is 27.4 Å². The lowest BCUT2D eigenvalue weighted by Gasteiger charge is -2.20. The molecule has 0 aliphatic carbocycles.